The molecular weight excluding hydrogens is 505 g/mol. The van der Waals surface area contributed by atoms with Crippen LogP contribution in [0.3, 0.4) is 0 Å². The number of rotatable bonds is 9. The molecule has 0 radical (unpaired) electrons. The maximum absolute atomic E-state index is 12.8. The van der Waals surface area contributed by atoms with E-state index in [1.807, 2.05) is 0 Å². The monoisotopic (exact) mass is 529 g/mol. The lowest BCUT2D eigenvalue weighted by Gasteiger charge is -2.13. The predicted molar refractivity (Wildman–Crippen MR) is 138 cm³/mol. The Kier molecular flexibility index (Phi) is 9.42. The number of allylic oxidation sites excluding steroid dienone is 2. The van der Waals surface area contributed by atoms with Crippen LogP contribution in [0.1, 0.15) is 18.1 Å². The van der Waals surface area contributed by atoms with Crippen LogP contribution in [0.15, 0.2) is 70.3 Å². The average Bonchev–Trinajstić information content (AvgIpc) is 2.74. The van der Waals surface area contributed by atoms with E-state index in [2.05, 4.69) is 14.8 Å². The number of halogens is 2. The molecule has 2 rings (SSSR count). The fourth-order valence-electron chi connectivity index (χ4n) is 2.65. The maximum atomic E-state index is 12.8. The van der Waals surface area contributed by atoms with E-state index in [0.717, 1.165) is 5.56 Å². The van der Waals surface area contributed by atoms with E-state index in [9.17, 15) is 17.7 Å². The van der Waals surface area contributed by atoms with Crippen LogP contribution in [0.2, 0.25) is 10.0 Å². The number of hydrogen-bond donors (Lipinski definition) is 4. The van der Waals surface area contributed by atoms with Crippen molar-refractivity contribution < 1.29 is 17.7 Å². The second kappa shape index (κ2) is 11.6. The Hall–Kier alpha value is -2.46. The molecule has 0 aliphatic rings. The Morgan fingerprint density at radius 2 is 1.58 bits per heavy atom. The molecule has 2 aromatic rings. The van der Waals surface area contributed by atoms with Gasteiger partial charge in [0.05, 0.1) is 27.4 Å². The first-order chi connectivity index (χ1) is 15.5. The Balaban J connectivity index is 2.29. The largest absolute Gasteiger partial charge is 0.505 e. The molecule has 0 aromatic heterocycles. The van der Waals surface area contributed by atoms with E-state index in [-0.39, 0.29) is 11.4 Å². The molecule has 0 spiro atoms. The van der Waals surface area contributed by atoms with Gasteiger partial charge in [0.1, 0.15) is 11.0 Å². The van der Waals surface area contributed by atoms with Crippen molar-refractivity contribution in [2.24, 2.45) is 0 Å². The molecule has 7 nitrogen and oxygen atoms in total. The van der Waals surface area contributed by atoms with Crippen LogP contribution < -0.4 is 14.8 Å². The summed E-state index contributed by atoms with van der Waals surface area (Å²) in [6.07, 6.45) is 2.96. The van der Waals surface area contributed by atoms with Crippen LogP contribution in [0.5, 0.6) is 0 Å². The molecule has 0 heterocycles. The number of sulfonamides is 1. The highest BCUT2D eigenvalue weighted by atomic mass is 35.5. The molecule has 0 aliphatic carbocycles. The maximum Gasteiger partial charge on any atom is 0.258 e. The highest BCUT2D eigenvalue weighted by Gasteiger charge is 2.15. The number of benzene rings is 2. The molecule has 0 bridgehead atoms. The number of nitrogens with one attached hydrogen (secondary N) is 3. The van der Waals surface area contributed by atoms with Gasteiger partial charge in [0.25, 0.3) is 10.0 Å². The number of hydrogen-bond acceptors (Lipinski definition) is 5. The van der Waals surface area contributed by atoms with Gasteiger partial charge < -0.3 is 15.1 Å². The second-order valence-electron chi connectivity index (χ2n) is 6.84. The van der Waals surface area contributed by atoms with Crippen molar-refractivity contribution >= 4 is 55.6 Å². The Morgan fingerprint density at radius 1 is 1.03 bits per heavy atom. The van der Waals surface area contributed by atoms with Crippen LogP contribution in [0, 0.1) is 13.8 Å². The van der Waals surface area contributed by atoms with Crippen molar-refractivity contribution in [3.63, 3.8) is 0 Å². The smallest absolute Gasteiger partial charge is 0.258 e. The number of likely N-dealkylation sites (N-methyl/N-ethyl adjacent to an activating group) is 1. The molecule has 33 heavy (non-hydrogen) atoms. The third kappa shape index (κ3) is 7.26. The van der Waals surface area contributed by atoms with Gasteiger partial charge in [0.2, 0.25) is 0 Å². The quantitative estimate of drug-likeness (QED) is 0.252. The first-order valence-corrected chi connectivity index (χ1v) is 13.1. The molecule has 0 fully saturated rings. The van der Waals surface area contributed by atoms with Crippen molar-refractivity contribution in [3.8, 4) is 0 Å². The molecule has 4 N–H and O–H groups in total. The fraction of sp³-hybridized carbons (Fsp3) is 0.182. The fourth-order valence-corrected chi connectivity index (χ4v) is 4.98. The molecule has 0 saturated carbocycles. The van der Waals surface area contributed by atoms with Gasteiger partial charge in [-0.25, -0.2) is 12.6 Å². The van der Waals surface area contributed by atoms with Gasteiger partial charge in [-0.1, -0.05) is 41.4 Å². The standard InChI is InChI=1S/C22H25Cl2N3O4S2/c1-5-16(32(29)26-19-10-6-8-17(23)14(19)2)12-21(25-4)22(28)13-33(30,31)27-20-11-7-9-18(24)15(20)3/h5-13,25-28H,1-4H3/b16-5+,21-12+,22-13-. The van der Waals surface area contributed by atoms with Crippen molar-refractivity contribution in [2.45, 2.75) is 20.8 Å². The summed E-state index contributed by atoms with van der Waals surface area (Å²) in [4.78, 5) is 0.301. The van der Waals surface area contributed by atoms with Crippen molar-refractivity contribution in [2.75, 3.05) is 16.5 Å². The molecule has 1 atom stereocenters. The predicted octanol–water partition coefficient (Wildman–Crippen LogP) is 5.53. The first kappa shape index (κ1) is 26.8. The number of aliphatic hydroxyl groups excluding tert-OH is 1. The van der Waals surface area contributed by atoms with Gasteiger partial charge in [0, 0.05) is 17.1 Å². The summed E-state index contributed by atoms with van der Waals surface area (Å²) in [6.45, 7) is 5.13. The third-order valence-corrected chi connectivity index (χ3v) is 7.63. The molecule has 11 heteroatoms. The Labute approximate surface area is 206 Å². The van der Waals surface area contributed by atoms with Crippen molar-refractivity contribution in [1.29, 1.82) is 0 Å². The summed E-state index contributed by atoms with van der Waals surface area (Å²) in [5, 5.41) is 14.8. The zero-order valence-corrected chi connectivity index (χ0v) is 21.6. The Morgan fingerprint density at radius 3 is 2.12 bits per heavy atom. The highest BCUT2D eigenvalue weighted by Crippen LogP contribution is 2.26. The van der Waals surface area contributed by atoms with Crippen LogP contribution in [0.25, 0.3) is 0 Å². The zero-order valence-electron chi connectivity index (χ0n) is 18.4. The van der Waals surface area contributed by atoms with Gasteiger partial charge >= 0.3 is 0 Å². The lowest BCUT2D eigenvalue weighted by Crippen LogP contribution is -2.15. The summed E-state index contributed by atoms with van der Waals surface area (Å²) >= 11 is 12.1. The second-order valence-corrected chi connectivity index (χ2v) is 10.4. The number of anilines is 2. The van der Waals surface area contributed by atoms with E-state index in [0.29, 0.717) is 31.6 Å². The van der Waals surface area contributed by atoms with Gasteiger partial charge in [-0.05, 0) is 62.2 Å². The molecule has 0 aliphatic heterocycles. The normalized spacial score (nSPS) is 14.1. The van der Waals surface area contributed by atoms with E-state index in [4.69, 9.17) is 23.2 Å². The molecule has 178 valence electrons. The minimum absolute atomic E-state index is 0.0502. The third-order valence-electron chi connectivity index (χ3n) is 4.59. The van der Waals surface area contributed by atoms with E-state index >= 15 is 0 Å². The summed E-state index contributed by atoms with van der Waals surface area (Å²) in [5.74, 6) is -0.569. The SMILES string of the molecule is C\C=C(/C=C(NC)\C(O)=C\S(=O)(=O)Nc1cccc(Cl)c1C)S(=O)Nc1cccc(Cl)c1C. The minimum atomic E-state index is -4.08. The Bertz CT molecular complexity index is 1260. The lowest BCUT2D eigenvalue weighted by molar-refractivity contribution is 0.417. The minimum Gasteiger partial charge on any atom is -0.505 e. The van der Waals surface area contributed by atoms with Crippen molar-refractivity contribution in [3.05, 3.63) is 91.5 Å². The molecule has 0 amide bonds. The average molecular weight is 530 g/mol. The summed E-state index contributed by atoms with van der Waals surface area (Å²) < 4.78 is 43.2. The summed E-state index contributed by atoms with van der Waals surface area (Å²) in [6, 6.07) is 10.0. The lowest BCUT2D eigenvalue weighted by atomic mass is 10.2. The highest BCUT2D eigenvalue weighted by molar-refractivity contribution is 7.95. The molecule has 0 saturated heterocycles. The first-order valence-electron chi connectivity index (χ1n) is 9.67. The van der Waals surface area contributed by atoms with Crippen LogP contribution >= 0.6 is 23.2 Å². The van der Waals surface area contributed by atoms with E-state index < -0.39 is 26.8 Å². The molecule has 1 unspecified atom stereocenters. The van der Waals surface area contributed by atoms with Crippen molar-refractivity contribution in [1.82, 2.24) is 5.32 Å². The molecule has 2 aromatic carbocycles. The van der Waals surface area contributed by atoms with E-state index in [1.165, 1.54) is 13.1 Å². The van der Waals surface area contributed by atoms with Gasteiger partial charge in [-0.3, -0.25) is 4.72 Å². The van der Waals surface area contributed by atoms with Gasteiger partial charge in [-0.15, -0.1) is 0 Å². The number of aliphatic hydroxyl groups is 1. The summed E-state index contributed by atoms with van der Waals surface area (Å²) in [5.41, 5.74) is 2.21. The van der Waals surface area contributed by atoms with Crippen LogP contribution in [0.4, 0.5) is 11.4 Å². The van der Waals surface area contributed by atoms with Gasteiger partial charge in [-0.2, -0.15) is 0 Å². The van der Waals surface area contributed by atoms with E-state index in [1.54, 1.807) is 63.2 Å². The zero-order chi connectivity index (χ0) is 24.8. The summed E-state index contributed by atoms with van der Waals surface area (Å²) in [7, 11) is -4.28. The van der Waals surface area contributed by atoms with Gasteiger partial charge in [0.15, 0.2) is 5.76 Å². The molecular formula is C22H25Cl2N3O4S2. The topological polar surface area (TPSA) is 108 Å². The van der Waals surface area contributed by atoms with Crippen LogP contribution in [-0.2, 0) is 21.0 Å². The van der Waals surface area contributed by atoms with Crippen LogP contribution in [-0.4, -0.2) is 24.8 Å².